The highest BCUT2D eigenvalue weighted by molar-refractivity contribution is 7.13. The standard InChI is InChI=1S/C11H13N5OS/c1-2-5-12-9-8(4-3-6-13-9)10(17)15-11-16-14-7-18-11/h3-4,6-7H,2,5H2,1H3,(H,12,13)(H,15,16,17). The maximum atomic E-state index is 12.0. The average molecular weight is 263 g/mol. The first kappa shape index (κ1) is 12.4. The summed E-state index contributed by atoms with van der Waals surface area (Å²) in [7, 11) is 0. The van der Waals surface area contributed by atoms with Gasteiger partial charge in [-0.15, -0.1) is 10.2 Å². The molecule has 1 amide bonds. The second-order valence-corrected chi connectivity index (χ2v) is 4.36. The Bertz CT molecular complexity index is 514. The highest BCUT2D eigenvalue weighted by atomic mass is 32.1. The van der Waals surface area contributed by atoms with Crippen LogP contribution in [0.25, 0.3) is 0 Å². The first-order valence-corrected chi connectivity index (χ1v) is 6.45. The molecule has 0 bridgehead atoms. The van der Waals surface area contributed by atoms with Gasteiger partial charge in [0.1, 0.15) is 11.3 Å². The van der Waals surface area contributed by atoms with Crippen molar-refractivity contribution in [1.82, 2.24) is 15.2 Å². The topological polar surface area (TPSA) is 79.8 Å². The molecule has 0 fully saturated rings. The van der Waals surface area contributed by atoms with Crippen molar-refractivity contribution < 1.29 is 4.79 Å². The van der Waals surface area contributed by atoms with E-state index in [9.17, 15) is 4.79 Å². The summed E-state index contributed by atoms with van der Waals surface area (Å²) in [5.74, 6) is 0.347. The molecule has 0 aliphatic heterocycles. The summed E-state index contributed by atoms with van der Waals surface area (Å²) in [6.07, 6.45) is 2.62. The molecule has 0 aliphatic carbocycles. The third kappa shape index (κ3) is 3.01. The molecule has 7 heteroatoms. The third-order valence-corrected chi connectivity index (χ3v) is 2.78. The first-order chi connectivity index (χ1) is 8.81. The monoisotopic (exact) mass is 263 g/mol. The molecular formula is C11H13N5OS. The zero-order valence-electron chi connectivity index (χ0n) is 9.88. The highest BCUT2D eigenvalue weighted by Crippen LogP contribution is 2.15. The first-order valence-electron chi connectivity index (χ1n) is 5.57. The van der Waals surface area contributed by atoms with Crippen molar-refractivity contribution in [3.8, 4) is 0 Å². The fraction of sp³-hybridized carbons (Fsp3) is 0.273. The fourth-order valence-corrected chi connectivity index (χ4v) is 1.80. The Kier molecular flexibility index (Phi) is 4.19. The zero-order valence-corrected chi connectivity index (χ0v) is 10.7. The number of nitrogens with zero attached hydrogens (tertiary/aromatic N) is 3. The predicted molar refractivity (Wildman–Crippen MR) is 70.9 cm³/mol. The number of hydrogen-bond donors (Lipinski definition) is 2. The number of amides is 1. The van der Waals surface area contributed by atoms with Gasteiger partial charge in [0.05, 0.1) is 5.56 Å². The van der Waals surface area contributed by atoms with Gasteiger partial charge in [0, 0.05) is 12.7 Å². The molecule has 0 atom stereocenters. The summed E-state index contributed by atoms with van der Waals surface area (Å²) in [6.45, 7) is 2.83. The normalized spacial score (nSPS) is 10.1. The van der Waals surface area contributed by atoms with Crippen LogP contribution >= 0.6 is 11.3 Å². The molecule has 0 aromatic carbocycles. The third-order valence-electron chi connectivity index (χ3n) is 2.18. The van der Waals surface area contributed by atoms with E-state index in [4.69, 9.17) is 0 Å². The summed E-state index contributed by atoms with van der Waals surface area (Å²) in [5.41, 5.74) is 2.07. The van der Waals surface area contributed by atoms with E-state index in [-0.39, 0.29) is 5.91 Å². The van der Waals surface area contributed by atoms with E-state index >= 15 is 0 Å². The Morgan fingerprint density at radius 2 is 2.39 bits per heavy atom. The van der Waals surface area contributed by atoms with Gasteiger partial charge in [-0.3, -0.25) is 10.1 Å². The second kappa shape index (κ2) is 6.06. The Balaban J connectivity index is 2.13. The molecule has 2 aromatic heterocycles. The van der Waals surface area contributed by atoms with E-state index < -0.39 is 0 Å². The van der Waals surface area contributed by atoms with Crippen LogP contribution in [0.15, 0.2) is 23.8 Å². The van der Waals surface area contributed by atoms with Crippen LogP contribution in [-0.4, -0.2) is 27.6 Å². The van der Waals surface area contributed by atoms with Crippen LogP contribution in [0.4, 0.5) is 10.9 Å². The Morgan fingerprint density at radius 1 is 1.50 bits per heavy atom. The maximum Gasteiger partial charge on any atom is 0.261 e. The van der Waals surface area contributed by atoms with E-state index in [1.54, 1.807) is 23.8 Å². The lowest BCUT2D eigenvalue weighted by atomic mass is 10.2. The Labute approximate surface area is 108 Å². The number of anilines is 2. The number of hydrogen-bond acceptors (Lipinski definition) is 6. The van der Waals surface area contributed by atoms with Crippen molar-refractivity contribution >= 4 is 28.2 Å². The van der Waals surface area contributed by atoms with E-state index in [2.05, 4.69) is 32.7 Å². The summed E-state index contributed by atoms with van der Waals surface area (Å²) in [4.78, 5) is 16.2. The smallest absolute Gasteiger partial charge is 0.261 e. The molecule has 2 heterocycles. The van der Waals surface area contributed by atoms with Gasteiger partial charge in [-0.05, 0) is 18.6 Å². The molecule has 94 valence electrons. The molecule has 0 saturated carbocycles. The fourth-order valence-electron chi connectivity index (χ4n) is 1.36. The number of pyridine rings is 1. The van der Waals surface area contributed by atoms with Gasteiger partial charge in [-0.2, -0.15) is 0 Å². The number of nitrogens with one attached hydrogen (secondary N) is 2. The van der Waals surface area contributed by atoms with E-state index in [1.807, 2.05) is 0 Å². The van der Waals surface area contributed by atoms with Gasteiger partial charge in [0.25, 0.3) is 5.91 Å². The molecule has 0 aliphatic rings. The summed E-state index contributed by atoms with van der Waals surface area (Å²) in [6, 6.07) is 3.45. The number of carbonyl (C=O) groups excluding carboxylic acids is 1. The van der Waals surface area contributed by atoms with Gasteiger partial charge in [-0.25, -0.2) is 4.98 Å². The van der Waals surface area contributed by atoms with Crippen molar-refractivity contribution in [2.75, 3.05) is 17.2 Å². The maximum absolute atomic E-state index is 12.0. The Hall–Kier alpha value is -2.02. The summed E-state index contributed by atoms with van der Waals surface area (Å²) < 4.78 is 0. The summed E-state index contributed by atoms with van der Waals surface area (Å²) in [5, 5.41) is 13.7. The molecule has 0 saturated heterocycles. The molecule has 18 heavy (non-hydrogen) atoms. The SMILES string of the molecule is CCCNc1ncccc1C(=O)Nc1nncs1. The highest BCUT2D eigenvalue weighted by Gasteiger charge is 2.13. The molecule has 0 spiro atoms. The predicted octanol–water partition coefficient (Wildman–Crippen LogP) is 2.01. The van der Waals surface area contributed by atoms with Gasteiger partial charge < -0.3 is 5.32 Å². The quantitative estimate of drug-likeness (QED) is 0.862. The molecule has 6 nitrogen and oxygen atoms in total. The van der Waals surface area contributed by atoms with Crippen molar-refractivity contribution in [2.24, 2.45) is 0 Å². The average Bonchev–Trinajstić information content (AvgIpc) is 2.89. The lowest BCUT2D eigenvalue weighted by Gasteiger charge is -2.08. The lowest BCUT2D eigenvalue weighted by molar-refractivity contribution is 0.102. The summed E-state index contributed by atoms with van der Waals surface area (Å²) >= 11 is 1.27. The van der Waals surface area contributed by atoms with Gasteiger partial charge in [0.2, 0.25) is 5.13 Å². The van der Waals surface area contributed by atoms with E-state index in [0.29, 0.717) is 16.5 Å². The molecule has 2 N–H and O–H groups in total. The second-order valence-electron chi connectivity index (χ2n) is 3.52. The van der Waals surface area contributed by atoms with Crippen LogP contribution in [0.3, 0.4) is 0 Å². The number of aromatic nitrogens is 3. The minimum atomic E-state index is -0.238. The largest absolute Gasteiger partial charge is 0.369 e. The van der Waals surface area contributed by atoms with Crippen LogP contribution in [0.2, 0.25) is 0 Å². The number of rotatable bonds is 5. The van der Waals surface area contributed by atoms with Gasteiger partial charge >= 0.3 is 0 Å². The van der Waals surface area contributed by atoms with Crippen LogP contribution in [0.1, 0.15) is 23.7 Å². The zero-order chi connectivity index (χ0) is 12.8. The van der Waals surface area contributed by atoms with Crippen LogP contribution in [-0.2, 0) is 0 Å². The van der Waals surface area contributed by atoms with Crippen LogP contribution in [0, 0.1) is 0 Å². The molecular weight excluding hydrogens is 250 g/mol. The molecule has 0 radical (unpaired) electrons. The van der Waals surface area contributed by atoms with Crippen molar-refractivity contribution in [3.63, 3.8) is 0 Å². The van der Waals surface area contributed by atoms with Gasteiger partial charge in [0.15, 0.2) is 0 Å². The Morgan fingerprint density at radius 3 is 3.11 bits per heavy atom. The lowest BCUT2D eigenvalue weighted by Crippen LogP contribution is -2.16. The van der Waals surface area contributed by atoms with Crippen molar-refractivity contribution in [2.45, 2.75) is 13.3 Å². The minimum Gasteiger partial charge on any atom is -0.369 e. The van der Waals surface area contributed by atoms with Crippen LogP contribution < -0.4 is 10.6 Å². The van der Waals surface area contributed by atoms with Gasteiger partial charge in [-0.1, -0.05) is 18.3 Å². The minimum absolute atomic E-state index is 0.238. The molecule has 0 unspecified atom stereocenters. The number of carbonyl (C=O) groups is 1. The molecule has 2 rings (SSSR count). The molecule has 2 aromatic rings. The van der Waals surface area contributed by atoms with Crippen molar-refractivity contribution in [3.05, 3.63) is 29.4 Å². The van der Waals surface area contributed by atoms with Crippen molar-refractivity contribution in [1.29, 1.82) is 0 Å². The van der Waals surface area contributed by atoms with E-state index in [1.165, 1.54) is 11.3 Å². The van der Waals surface area contributed by atoms with Crippen LogP contribution in [0.5, 0.6) is 0 Å². The van der Waals surface area contributed by atoms with E-state index in [0.717, 1.165) is 13.0 Å².